The van der Waals surface area contributed by atoms with Crippen molar-refractivity contribution in [1.82, 2.24) is 5.32 Å². The van der Waals surface area contributed by atoms with Crippen LogP contribution < -0.4 is 5.32 Å². The van der Waals surface area contributed by atoms with Crippen LogP contribution in [0.25, 0.3) is 0 Å². The number of alkyl halides is 4. The maximum atomic E-state index is 13.0. The van der Waals surface area contributed by atoms with Gasteiger partial charge in [0, 0.05) is 17.5 Å². The van der Waals surface area contributed by atoms with Gasteiger partial charge < -0.3 is 5.32 Å². The van der Waals surface area contributed by atoms with E-state index in [1.54, 1.807) is 6.92 Å². The maximum Gasteiger partial charge on any atom is 0.419 e. The first-order valence-corrected chi connectivity index (χ1v) is 5.94. The molecule has 0 bridgehead atoms. The normalized spacial score (nSPS) is 13.2. The second kappa shape index (κ2) is 6.23. The Morgan fingerprint density at radius 2 is 2.05 bits per heavy atom. The summed E-state index contributed by atoms with van der Waals surface area (Å²) in [5, 5.41) is 2.26. The molecule has 1 amide bonds. The number of hydrogen-bond acceptors (Lipinski definition) is 1. The first-order chi connectivity index (χ1) is 8.71. The standard InChI is InChI=1S/C12H12ClF4NO/c1-7(13)4-5-18-11(19)8-2-3-10(14)9(6-8)12(15,16)17/h2-3,6-7H,4-5H2,1H3,(H,18,19). The number of carbonyl (C=O) groups excluding carboxylic acids is 1. The number of rotatable bonds is 4. The van der Waals surface area contributed by atoms with Crippen molar-refractivity contribution in [3.63, 3.8) is 0 Å². The van der Waals surface area contributed by atoms with Crippen molar-refractivity contribution in [3.05, 3.63) is 35.1 Å². The molecule has 0 heterocycles. The third-order valence-electron chi connectivity index (χ3n) is 2.36. The third-order valence-corrected chi connectivity index (χ3v) is 2.58. The minimum atomic E-state index is -4.83. The van der Waals surface area contributed by atoms with Gasteiger partial charge in [-0.05, 0) is 31.5 Å². The molecule has 0 aliphatic rings. The summed E-state index contributed by atoms with van der Waals surface area (Å²) in [4.78, 5) is 11.6. The molecule has 1 unspecified atom stereocenters. The molecule has 0 aliphatic heterocycles. The SMILES string of the molecule is CC(Cl)CCNC(=O)c1ccc(F)c(C(F)(F)F)c1. The Hall–Kier alpha value is -1.30. The Bertz CT molecular complexity index is 460. The fourth-order valence-corrected chi connectivity index (χ4v) is 1.48. The Balaban J connectivity index is 2.82. The highest BCUT2D eigenvalue weighted by atomic mass is 35.5. The Labute approximate surface area is 112 Å². The fraction of sp³-hybridized carbons (Fsp3) is 0.417. The number of carbonyl (C=O) groups is 1. The van der Waals surface area contributed by atoms with Gasteiger partial charge in [0.2, 0.25) is 0 Å². The molecule has 0 aromatic heterocycles. The Morgan fingerprint density at radius 1 is 1.42 bits per heavy atom. The molecule has 2 nitrogen and oxygen atoms in total. The van der Waals surface area contributed by atoms with E-state index in [2.05, 4.69) is 5.32 Å². The lowest BCUT2D eigenvalue weighted by Gasteiger charge is -2.10. The number of benzene rings is 1. The van der Waals surface area contributed by atoms with Gasteiger partial charge in [0.1, 0.15) is 5.82 Å². The summed E-state index contributed by atoms with van der Waals surface area (Å²) in [6.45, 7) is 1.97. The summed E-state index contributed by atoms with van der Waals surface area (Å²) in [5.74, 6) is -2.10. The van der Waals surface area contributed by atoms with E-state index in [9.17, 15) is 22.4 Å². The molecule has 19 heavy (non-hydrogen) atoms. The van der Waals surface area contributed by atoms with E-state index in [1.807, 2.05) is 0 Å². The summed E-state index contributed by atoms with van der Waals surface area (Å²) < 4.78 is 50.4. The van der Waals surface area contributed by atoms with Crippen molar-refractivity contribution in [2.45, 2.75) is 24.9 Å². The van der Waals surface area contributed by atoms with Gasteiger partial charge in [-0.25, -0.2) is 4.39 Å². The molecule has 0 saturated heterocycles. The Morgan fingerprint density at radius 3 is 2.58 bits per heavy atom. The molecule has 0 radical (unpaired) electrons. The third kappa shape index (κ3) is 4.70. The summed E-state index contributed by atoms with van der Waals surface area (Å²) in [5.41, 5.74) is -1.69. The van der Waals surface area contributed by atoms with E-state index in [1.165, 1.54) is 0 Å². The van der Waals surface area contributed by atoms with Crippen LogP contribution in [0.15, 0.2) is 18.2 Å². The molecule has 7 heteroatoms. The molecule has 106 valence electrons. The van der Waals surface area contributed by atoms with Crippen molar-refractivity contribution in [2.75, 3.05) is 6.54 Å². The van der Waals surface area contributed by atoms with Gasteiger partial charge in [-0.1, -0.05) is 0 Å². The molecule has 1 rings (SSSR count). The monoisotopic (exact) mass is 297 g/mol. The van der Waals surface area contributed by atoms with E-state index in [0.717, 1.165) is 6.07 Å². The summed E-state index contributed by atoms with van der Waals surface area (Å²) in [6, 6.07) is 2.13. The quantitative estimate of drug-likeness (QED) is 0.668. The summed E-state index contributed by atoms with van der Waals surface area (Å²) in [6.07, 6.45) is -4.34. The van der Waals surface area contributed by atoms with Crippen LogP contribution in [-0.2, 0) is 6.18 Å². The number of nitrogens with one attached hydrogen (secondary N) is 1. The lowest BCUT2D eigenvalue weighted by atomic mass is 10.1. The molecule has 0 fully saturated rings. The van der Waals surface area contributed by atoms with Crippen molar-refractivity contribution in [1.29, 1.82) is 0 Å². The molecule has 0 spiro atoms. The van der Waals surface area contributed by atoms with E-state index < -0.39 is 23.5 Å². The fourth-order valence-electron chi connectivity index (χ4n) is 1.37. The first-order valence-electron chi connectivity index (χ1n) is 5.51. The van der Waals surface area contributed by atoms with E-state index in [-0.39, 0.29) is 17.5 Å². The van der Waals surface area contributed by atoms with Crippen LogP contribution >= 0.6 is 11.6 Å². The van der Waals surface area contributed by atoms with Crippen molar-refractivity contribution in [3.8, 4) is 0 Å². The zero-order valence-electron chi connectivity index (χ0n) is 10.0. The van der Waals surface area contributed by atoms with Gasteiger partial charge in [0.05, 0.1) is 5.56 Å². The van der Waals surface area contributed by atoms with Crippen molar-refractivity contribution >= 4 is 17.5 Å². The van der Waals surface area contributed by atoms with Gasteiger partial charge in [0.15, 0.2) is 0 Å². The molecule has 0 saturated carbocycles. The van der Waals surface area contributed by atoms with Crippen molar-refractivity contribution < 1.29 is 22.4 Å². The number of halogens is 5. The molecule has 1 N–H and O–H groups in total. The molecule has 1 aromatic carbocycles. The summed E-state index contributed by atoms with van der Waals surface area (Å²) >= 11 is 5.66. The van der Waals surface area contributed by atoms with Crippen LogP contribution in [0, 0.1) is 5.82 Å². The molecule has 1 atom stereocenters. The molecular weight excluding hydrogens is 286 g/mol. The molecule has 1 aromatic rings. The van der Waals surface area contributed by atoms with Crippen LogP contribution in [-0.4, -0.2) is 17.8 Å². The maximum absolute atomic E-state index is 13.0. The van der Waals surface area contributed by atoms with Crippen molar-refractivity contribution in [2.24, 2.45) is 0 Å². The van der Waals surface area contributed by atoms with Gasteiger partial charge in [0.25, 0.3) is 5.91 Å². The Kier molecular flexibility index (Phi) is 5.17. The topological polar surface area (TPSA) is 29.1 Å². The van der Waals surface area contributed by atoms with Crippen LogP contribution in [0.1, 0.15) is 29.3 Å². The van der Waals surface area contributed by atoms with Gasteiger partial charge in [-0.2, -0.15) is 13.2 Å². The minimum Gasteiger partial charge on any atom is -0.352 e. The molecular formula is C12H12ClF4NO. The van der Waals surface area contributed by atoms with Crippen LogP contribution in [0.5, 0.6) is 0 Å². The zero-order chi connectivity index (χ0) is 14.6. The van der Waals surface area contributed by atoms with Gasteiger partial charge >= 0.3 is 6.18 Å². The number of hydrogen-bond donors (Lipinski definition) is 1. The second-order valence-corrected chi connectivity index (χ2v) is 4.76. The predicted molar refractivity (Wildman–Crippen MR) is 63.7 cm³/mol. The average Bonchev–Trinajstić information content (AvgIpc) is 2.27. The lowest BCUT2D eigenvalue weighted by Crippen LogP contribution is -2.26. The van der Waals surface area contributed by atoms with E-state index in [0.29, 0.717) is 18.6 Å². The largest absolute Gasteiger partial charge is 0.419 e. The average molecular weight is 298 g/mol. The van der Waals surface area contributed by atoms with Crippen LogP contribution in [0.4, 0.5) is 17.6 Å². The van der Waals surface area contributed by atoms with Crippen LogP contribution in [0.3, 0.4) is 0 Å². The zero-order valence-corrected chi connectivity index (χ0v) is 10.8. The smallest absolute Gasteiger partial charge is 0.352 e. The first kappa shape index (κ1) is 15.8. The van der Waals surface area contributed by atoms with Gasteiger partial charge in [-0.15, -0.1) is 11.6 Å². The predicted octanol–water partition coefficient (Wildman–Crippen LogP) is 3.59. The van der Waals surface area contributed by atoms with Gasteiger partial charge in [-0.3, -0.25) is 4.79 Å². The highest BCUT2D eigenvalue weighted by Crippen LogP contribution is 2.31. The highest BCUT2D eigenvalue weighted by Gasteiger charge is 2.34. The number of amides is 1. The molecule has 0 aliphatic carbocycles. The highest BCUT2D eigenvalue weighted by molar-refractivity contribution is 6.20. The second-order valence-electron chi connectivity index (χ2n) is 4.02. The van der Waals surface area contributed by atoms with Crippen LogP contribution in [0.2, 0.25) is 0 Å². The summed E-state index contributed by atoms with van der Waals surface area (Å²) in [7, 11) is 0. The van der Waals surface area contributed by atoms with E-state index >= 15 is 0 Å². The van der Waals surface area contributed by atoms with E-state index in [4.69, 9.17) is 11.6 Å². The minimum absolute atomic E-state index is 0.153. The lowest BCUT2D eigenvalue weighted by molar-refractivity contribution is -0.140.